The van der Waals surface area contributed by atoms with Crippen LogP contribution in [-0.2, 0) is 0 Å². The van der Waals surface area contributed by atoms with Crippen LogP contribution in [0.4, 0.5) is 8.78 Å². The quantitative estimate of drug-likeness (QED) is 0.689. The molecule has 0 aromatic heterocycles. The van der Waals surface area contributed by atoms with E-state index in [-0.39, 0.29) is 5.56 Å². The molecule has 0 unspecified atom stereocenters. The molecule has 1 rings (SSSR count). The predicted molar refractivity (Wildman–Crippen MR) is 48.6 cm³/mol. The molecule has 0 fully saturated rings. The molecule has 0 aliphatic heterocycles. The Morgan fingerprint density at radius 1 is 1.25 bits per heavy atom. The van der Waals surface area contributed by atoms with E-state index in [1.807, 2.05) is 13.0 Å². The van der Waals surface area contributed by atoms with Gasteiger partial charge in [0.1, 0.15) is 0 Å². The molecule has 1 aromatic rings. The summed E-state index contributed by atoms with van der Waals surface area (Å²) in [7, 11) is 0. The highest BCUT2D eigenvalue weighted by Gasteiger charge is 2.12. The van der Waals surface area contributed by atoms with Gasteiger partial charge in [0.2, 0.25) is 0 Å². The SMILES string of the molecule is Cc1cc(Br)cc(C(F)F)c1C. The second-order valence-corrected chi connectivity index (χ2v) is 3.65. The van der Waals surface area contributed by atoms with E-state index in [1.165, 1.54) is 6.07 Å². The van der Waals surface area contributed by atoms with Crippen molar-refractivity contribution >= 4 is 15.9 Å². The minimum absolute atomic E-state index is 0.113. The first-order valence-electron chi connectivity index (χ1n) is 3.57. The molecule has 0 amide bonds. The van der Waals surface area contributed by atoms with E-state index in [2.05, 4.69) is 15.9 Å². The Morgan fingerprint density at radius 3 is 2.33 bits per heavy atom. The fraction of sp³-hybridized carbons (Fsp3) is 0.333. The molecule has 0 aliphatic carbocycles. The molecule has 12 heavy (non-hydrogen) atoms. The van der Waals surface area contributed by atoms with E-state index < -0.39 is 6.43 Å². The molecule has 0 saturated heterocycles. The van der Waals surface area contributed by atoms with Gasteiger partial charge in [0.25, 0.3) is 6.43 Å². The van der Waals surface area contributed by atoms with E-state index in [0.29, 0.717) is 10.0 Å². The van der Waals surface area contributed by atoms with Gasteiger partial charge in [-0.15, -0.1) is 0 Å². The highest BCUT2D eigenvalue weighted by molar-refractivity contribution is 9.10. The largest absolute Gasteiger partial charge is 0.264 e. The Hall–Kier alpha value is -0.440. The Morgan fingerprint density at radius 2 is 1.83 bits per heavy atom. The molecule has 0 nitrogen and oxygen atoms in total. The van der Waals surface area contributed by atoms with Crippen LogP contribution in [0.1, 0.15) is 23.1 Å². The van der Waals surface area contributed by atoms with E-state index >= 15 is 0 Å². The summed E-state index contributed by atoms with van der Waals surface area (Å²) in [5.74, 6) is 0. The Kier molecular flexibility index (Phi) is 2.83. The van der Waals surface area contributed by atoms with Crippen molar-refractivity contribution < 1.29 is 8.78 Å². The topological polar surface area (TPSA) is 0 Å². The van der Waals surface area contributed by atoms with Crippen molar-refractivity contribution in [1.29, 1.82) is 0 Å². The molecule has 1 aromatic carbocycles. The van der Waals surface area contributed by atoms with Crippen molar-refractivity contribution in [3.63, 3.8) is 0 Å². The third-order valence-electron chi connectivity index (χ3n) is 1.91. The van der Waals surface area contributed by atoms with Crippen molar-refractivity contribution in [2.45, 2.75) is 20.3 Å². The average molecular weight is 235 g/mol. The molecule has 66 valence electrons. The van der Waals surface area contributed by atoms with Gasteiger partial charge >= 0.3 is 0 Å². The van der Waals surface area contributed by atoms with Crippen LogP contribution in [-0.4, -0.2) is 0 Å². The van der Waals surface area contributed by atoms with Crippen molar-refractivity contribution in [1.82, 2.24) is 0 Å². The minimum Gasteiger partial charge on any atom is -0.205 e. The van der Waals surface area contributed by atoms with Gasteiger partial charge in [-0.1, -0.05) is 15.9 Å². The molecular formula is C9H9BrF2. The van der Waals surface area contributed by atoms with Gasteiger partial charge in [0.05, 0.1) is 0 Å². The summed E-state index contributed by atoms with van der Waals surface area (Å²) in [5, 5.41) is 0. The van der Waals surface area contributed by atoms with Gasteiger partial charge in [-0.05, 0) is 37.1 Å². The van der Waals surface area contributed by atoms with Gasteiger partial charge in [-0.2, -0.15) is 0 Å². The predicted octanol–water partition coefficient (Wildman–Crippen LogP) is 4.00. The van der Waals surface area contributed by atoms with Gasteiger partial charge in [0.15, 0.2) is 0 Å². The normalized spacial score (nSPS) is 10.8. The summed E-state index contributed by atoms with van der Waals surface area (Å²) in [6.07, 6.45) is -2.39. The van der Waals surface area contributed by atoms with Gasteiger partial charge < -0.3 is 0 Å². The van der Waals surface area contributed by atoms with Crippen LogP contribution in [0.2, 0.25) is 0 Å². The third kappa shape index (κ3) is 1.83. The maximum Gasteiger partial charge on any atom is 0.264 e. The highest BCUT2D eigenvalue weighted by atomic mass is 79.9. The summed E-state index contributed by atoms with van der Waals surface area (Å²) in [6, 6.07) is 3.30. The smallest absolute Gasteiger partial charge is 0.205 e. The number of alkyl halides is 2. The summed E-state index contributed by atoms with van der Waals surface area (Å²) >= 11 is 3.18. The van der Waals surface area contributed by atoms with Crippen molar-refractivity contribution in [3.8, 4) is 0 Å². The lowest BCUT2D eigenvalue weighted by molar-refractivity contribution is 0.150. The van der Waals surface area contributed by atoms with Crippen LogP contribution < -0.4 is 0 Å². The summed E-state index contributed by atoms with van der Waals surface area (Å²) in [6.45, 7) is 3.54. The fourth-order valence-electron chi connectivity index (χ4n) is 1.07. The molecule has 0 saturated carbocycles. The zero-order valence-electron chi connectivity index (χ0n) is 6.87. The van der Waals surface area contributed by atoms with Gasteiger partial charge in [-0.3, -0.25) is 0 Å². The number of aryl methyl sites for hydroxylation is 1. The number of hydrogen-bond donors (Lipinski definition) is 0. The number of halogens is 3. The summed E-state index contributed by atoms with van der Waals surface area (Å²) in [5.41, 5.74) is 1.68. The second-order valence-electron chi connectivity index (χ2n) is 2.74. The average Bonchev–Trinajstić information content (AvgIpc) is 1.96. The maximum absolute atomic E-state index is 12.4. The zero-order chi connectivity index (χ0) is 9.30. The summed E-state index contributed by atoms with van der Waals surface area (Å²) in [4.78, 5) is 0. The Bertz CT molecular complexity index is 295. The summed E-state index contributed by atoms with van der Waals surface area (Å²) < 4.78 is 25.4. The first kappa shape index (κ1) is 9.65. The lowest BCUT2D eigenvalue weighted by Crippen LogP contribution is -1.92. The Labute approximate surface area is 78.7 Å². The zero-order valence-corrected chi connectivity index (χ0v) is 8.45. The molecule has 0 spiro atoms. The second kappa shape index (κ2) is 3.52. The highest BCUT2D eigenvalue weighted by Crippen LogP contribution is 2.28. The van der Waals surface area contributed by atoms with E-state index in [1.54, 1.807) is 6.92 Å². The third-order valence-corrected chi connectivity index (χ3v) is 2.37. The lowest BCUT2D eigenvalue weighted by atomic mass is 10.0. The van der Waals surface area contributed by atoms with Crippen molar-refractivity contribution in [3.05, 3.63) is 33.3 Å². The number of hydrogen-bond acceptors (Lipinski definition) is 0. The van der Waals surface area contributed by atoms with Crippen LogP contribution in [0.3, 0.4) is 0 Å². The fourth-order valence-corrected chi connectivity index (χ4v) is 1.66. The molecule has 3 heteroatoms. The molecule has 0 heterocycles. The first-order valence-corrected chi connectivity index (χ1v) is 4.36. The van der Waals surface area contributed by atoms with Crippen LogP contribution >= 0.6 is 15.9 Å². The molecule has 0 aliphatic rings. The molecular weight excluding hydrogens is 226 g/mol. The first-order chi connectivity index (χ1) is 5.52. The molecule has 0 bridgehead atoms. The Balaban J connectivity index is 3.28. The van der Waals surface area contributed by atoms with E-state index in [4.69, 9.17) is 0 Å². The van der Waals surface area contributed by atoms with E-state index in [9.17, 15) is 8.78 Å². The standard InChI is InChI=1S/C9H9BrF2/c1-5-3-7(10)4-8(6(5)2)9(11)12/h3-4,9H,1-2H3. The van der Waals surface area contributed by atoms with Crippen LogP contribution in [0.5, 0.6) is 0 Å². The minimum atomic E-state index is -2.39. The van der Waals surface area contributed by atoms with Crippen LogP contribution in [0, 0.1) is 13.8 Å². The molecule has 0 N–H and O–H groups in total. The monoisotopic (exact) mass is 234 g/mol. The van der Waals surface area contributed by atoms with Gasteiger partial charge in [0, 0.05) is 10.0 Å². The number of rotatable bonds is 1. The van der Waals surface area contributed by atoms with Crippen molar-refractivity contribution in [2.75, 3.05) is 0 Å². The van der Waals surface area contributed by atoms with Gasteiger partial charge in [-0.25, -0.2) is 8.78 Å². The lowest BCUT2D eigenvalue weighted by Gasteiger charge is -2.08. The maximum atomic E-state index is 12.4. The van der Waals surface area contributed by atoms with Crippen LogP contribution in [0.15, 0.2) is 16.6 Å². The van der Waals surface area contributed by atoms with E-state index in [0.717, 1.165) is 5.56 Å². The van der Waals surface area contributed by atoms with Crippen LogP contribution in [0.25, 0.3) is 0 Å². The molecule has 0 atom stereocenters. The number of benzene rings is 1. The molecule has 0 radical (unpaired) electrons. The van der Waals surface area contributed by atoms with Crippen molar-refractivity contribution in [2.24, 2.45) is 0 Å².